The Morgan fingerprint density at radius 1 is 1.37 bits per heavy atom. The number of para-hydroxylation sites is 1. The highest BCUT2D eigenvalue weighted by atomic mass is 32.1. The fraction of sp³-hybridized carbons (Fsp3) is 0.385. The summed E-state index contributed by atoms with van der Waals surface area (Å²) < 4.78 is 4.86. The number of thiol groups is 1. The number of hydrogen-bond acceptors (Lipinski definition) is 5. The molecular weight excluding hydrogens is 264 g/mol. The zero-order chi connectivity index (χ0) is 14.3. The van der Waals surface area contributed by atoms with Crippen molar-refractivity contribution in [3.63, 3.8) is 0 Å². The number of anilines is 1. The van der Waals surface area contributed by atoms with Crippen LogP contribution in [0.4, 0.5) is 5.69 Å². The smallest absolute Gasteiger partial charge is 0.326 e. The molecule has 104 valence electrons. The lowest BCUT2D eigenvalue weighted by Gasteiger charge is -2.24. The first kappa shape index (κ1) is 15.5. The van der Waals surface area contributed by atoms with Gasteiger partial charge in [-0.2, -0.15) is 12.6 Å². The second kappa shape index (κ2) is 7.81. The maximum atomic E-state index is 12.2. The number of carbonyl (C=O) groups is 2. The molecule has 0 fully saturated rings. The molecule has 0 spiro atoms. The van der Waals surface area contributed by atoms with Gasteiger partial charge in [-0.3, -0.25) is 14.5 Å². The number of ether oxygens (including phenoxy) is 1. The van der Waals surface area contributed by atoms with Crippen LogP contribution in [0.3, 0.4) is 0 Å². The second-order valence-corrected chi connectivity index (χ2v) is 4.22. The van der Waals surface area contributed by atoms with Crippen molar-refractivity contribution in [1.29, 1.82) is 0 Å². The van der Waals surface area contributed by atoms with Crippen LogP contribution in [0, 0.1) is 0 Å². The van der Waals surface area contributed by atoms with Crippen molar-refractivity contribution in [3.05, 3.63) is 30.3 Å². The monoisotopic (exact) mass is 282 g/mol. The van der Waals surface area contributed by atoms with Crippen LogP contribution < -0.4 is 10.6 Å². The van der Waals surface area contributed by atoms with Crippen LogP contribution in [0.5, 0.6) is 0 Å². The summed E-state index contributed by atoms with van der Waals surface area (Å²) in [6.07, 6.45) is 0. The topological polar surface area (TPSA) is 72.6 Å². The Balaban J connectivity index is 2.91. The third-order valence-electron chi connectivity index (χ3n) is 2.44. The van der Waals surface area contributed by atoms with Gasteiger partial charge in [0.15, 0.2) is 0 Å². The van der Waals surface area contributed by atoms with Crippen LogP contribution in [0.2, 0.25) is 0 Å². The molecule has 19 heavy (non-hydrogen) atoms. The van der Waals surface area contributed by atoms with E-state index < -0.39 is 12.0 Å². The van der Waals surface area contributed by atoms with Crippen LogP contribution in [0.15, 0.2) is 30.3 Å². The normalized spacial score (nSPS) is 11.7. The Bertz CT molecular complexity index is 425. The summed E-state index contributed by atoms with van der Waals surface area (Å²) in [7, 11) is 0. The summed E-state index contributed by atoms with van der Waals surface area (Å²) in [6, 6.07) is 8.12. The van der Waals surface area contributed by atoms with Crippen LogP contribution in [0.1, 0.15) is 6.92 Å². The van der Waals surface area contributed by atoms with Gasteiger partial charge in [0.2, 0.25) is 5.91 Å². The van der Waals surface area contributed by atoms with E-state index in [0.29, 0.717) is 5.69 Å². The molecule has 1 amide bonds. The zero-order valence-corrected chi connectivity index (χ0v) is 11.7. The van der Waals surface area contributed by atoms with Crippen molar-refractivity contribution in [2.24, 2.45) is 5.73 Å². The highest BCUT2D eigenvalue weighted by molar-refractivity contribution is 7.80. The number of nitrogens with two attached hydrogens (primary N) is 1. The summed E-state index contributed by atoms with van der Waals surface area (Å²) in [5.41, 5.74) is 6.29. The van der Waals surface area contributed by atoms with Crippen molar-refractivity contribution in [3.8, 4) is 0 Å². The molecule has 1 aromatic carbocycles. The quantitative estimate of drug-likeness (QED) is 0.599. The average Bonchev–Trinajstić information content (AvgIpc) is 2.44. The Kier molecular flexibility index (Phi) is 6.38. The first-order valence-electron chi connectivity index (χ1n) is 5.98. The van der Waals surface area contributed by atoms with E-state index in [9.17, 15) is 9.59 Å². The van der Waals surface area contributed by atoms with Crippen LogP contribution in [-0.4, -0.2) is 36.8 Å². The first-order chi connectivity index (χ1) is 9.10. The molecule has 0 aliphatic heterocycles. The minimum Gasteiger partial charge on any atom is -0.465 e. The highest BCUT2D eigenvalue weighted by Crippen LogP contribution is 2.14. The fourth-order valence-electron chi connectivity index (χ4n) is 1.52. The molecular formula is C13H18N2O3S. The van der Waals surface area contributed by atoms with Crippen LogP contribution in [0.25, 0.3) is 0 Å². The van der Waals surface area contributed by atoms with Crippen molar-refractivity contribution >= 4 is 30.2 Å². The lowest BCUT2D eigenvalue weighted by Crippen LogP contribution is -2.47. The summed E-state index contributed by atoms with van der Waals surface area (Å²) in [5, 5.41) is 0. The Morgan fingerprint density at radius 2 is 2.00 bits per heavy atom. The van der Waals surface area contributed by atoms with Crippen molar-refractivity contribution < 1.29 is 14.3 Å². The van der Waals surface area contributed by atoms with Gasteiger partial charge < -0.3 is 10.5 Å². The third-order valence-corrected chi connectivity index (χ3v) is 2.83. The molecule has 2 N–H and O–H groups in total. The van der Waals surface area contributed by atoms with E-state index in [1.54, 1.807) is 31.2 Å². The molecule has 1 atom stereocenters. The first-order valence-corrected chi connectivity index (χ1v) is 6.61. The van der Waals surface area contributed by atoms with Crippen LogP contribution >= 0.6 is 12.6 Å². The van der Waals surface area contributed by atoms with Crippen molar-refractivity contribution in [1.82, 2.24) is 0 Å². The fourth-order valence-corrected chi connectivity index (χ4v) is 1.67. The molecule has 0 bridgehead atoms. The summed E-state index contributed by atoms with van der Waals surface area (Å²) >= 11 is 4.01. The molecule has 1 rings (SSSR count). The second-order valence-electron chi connectivity index (χ2n) is 3.85. The number of amides is 1. The predicted octanol–water partition coefficient (Wildman–Crippen LogP) is 0.840. The molecule has 0 heterocycles. The largest absolute Gasteiger partial charge is 0.465 e. The molecule has 5 nitrogen and oxygen atoms in total. The van der Waals surface area contributed by atoms with Gasteiger partial charge in [-0.25, -0.2) is 0 Å². The minimum absolute atomic E-state index is 0.155. The molecule has 0 aromatic heterocycles. The molecule has 0 saturated carbocycles. The molecule has 1 aromatic rings. The Labute approximate surface area is 118 Å². The van der Waals surface area contributed by atoms with Crippen molar-refractivity contribution in [2.45, 2.75) is 13.0 Å². The average molecular weight is 282 g/mol. The number of rotatable bonds is 6. The number of benzene rings is 1. The van der Waals surface area contributed by atoms with E-state index in [-0.39, 0.29) is 24.8 Å². The summed E-state index contributed by atoms with van der Waals surface area (Å²) in [6.45, 7) is 1.83. The predicted molar refractivity (Wildman–Crippen MR) is 77.3 cm³/mol. The molecule has 6 heteroatoms. The molecule has 1 unspecified atom stereocenters. The van der Waals surface area contributed by atoms with E-state index in [1.807, 2.05) is 6.07 Å². The van der Waals surface area contributed by atoms with Gasteiger partial charge in [-0.05, 0) is 19.1 Å². The number of esters is 1. The van der Waals surface area contributed by atoms with E-state index in [1.165, 1.54) is 4.90 Å². The summed E-state index contributed by atoms with van der Waals surface area (Å²) in [5.74, 6) is -0.606. The van der Waals surface area contributed by atoms with E-state index in [4.69, 9.17) is 10.5 Å². The number of carbonyl (C=O) groups excluding carboxylic acids is 2. The third kappa shape index (κ3) is 4.57. The van der Waals surface area contributed by atoms with E-state index >= 15 is 0 Å². The highest BCUT2D eigenvalue weighted by Gasteiger charge is 2.24. The maximum absolute atomic E-state index is 12.2. The SMILES string of the molecule is CCOC(=O)CN(C(=O)C(N)CS)c1ccccc1. The lowest BCUT2D eigenvalue weighted by atomic mass is 10.2. The van der Waals surface area contributed by atoms with Crippen molar-refractivity contribution in [2.75, 3.05) is 23.8 Å². The zero-order valence-electron chi connectivity index (χ0n) is 10.8. The lowest BCUT2D eigenvalue weighted by molar-refractivity contribution is -0.142. The Hall–Kier alpha value is -1.53. The van der Waals surface area contributed by atoms with Gasteiger partial charge in [0.25, 0.3) is 0 Å². The molecule has 0 aliphatic carbocycles. The number of hydrogen-bond donors (Lipinski definition) is 2. The van der Waals surface area contributed by atoms with E-state index in [2.05, 4.69) is 12.6 Å². The molecule has 0 saturated heterocycles. The molecule has 0 radical (unpaired) electrons. The van der Waals surface area contributed by atoms with Crippen LogP contribution in [-0.2, 0) is 14.3 Å². The van der Waals surface area contributed by atoms with Gasteiger partial charge in [0.1, 0.15) is 6.54 Å². The van der Waals surface area contributed by atoms with Gasteiger partial charge in [0.05, 0.1) is 12.6 Å². The molecule has 0 aliphatic rings. The van der Waals surface area contributed by atoms with Gasteiger partial charge in [0, 0.05) is 11.4 Å². The van der Waals surface area contributed by atoms with E-state index in [0.717, 1.165) is 0 Å². The minimum atomic E-state index is -0.752. The standard InChI is InChI=1S/C13H18N2O3S/c1-2-18-12(16)8-15(13(17)11(14)9-19)10-6-4-3-5-7-10/h3-7,11,19H,2,8-9,14H2,1H3. The maximum Gasteiger partial charge on any atom is 0.326 e. The number of nitrogens with zero attached hydrogens (tertiary/aromatic N) is 1. The van der Waals surface area contributed by atoms with Gasteiger partial charge in [-0.1, -0.05) is 18.2 Å². The van der Waals surface area contributed by atoms with Gasteiger partial charge >= 0.3 is 5.97 Å². The Morgan fingerprint density at radius 3 is 2.53 bits per heavy atom. The summed E-state index contributed by atoms with van der Waals surface area (Å²) in [4.78, 5) is 25.0. The van der Waals surface area contributed by atoms with Gasteiger partial charge in [-0.15, -0.1) is 0 Å².